The molecule has 0 aliphatic rings. The highest BCUT2D eigenvalue weighted by Crippen LogP contribution is 2.31. The Morgan fingerprint density at radius 1 is 0.833 bits per heavy atom. The van der Waals surface area contributed by atoms with Gasteiger partial charge in [0, 0.05) is 18.2 Å². The molecule has 1 amide bonds. The molecule has 3 heteroatoms. The normalized spacial score (nSPS) is 10.2. The van der Waals surface area contributed by atoms with Gasteiger partial charge in [0.25, 0.3) is 5.91 Å². The zero-order valence-corrected chi connectivity index (χ0v) is 13.8. The summed E-state index contributed by atoms with van der Waals surface area (Å²) in [5.41, 5.74) is 3.59. The summed E-state index contributed by atoms with van der Waals surface area (Å²) in [5, 5.41) is 0. The number of anilines is 1. The largest absolute Gasteiger partial charge is 0.497 e. The molecule has 0 atom stereocenters. The van der Waals surface area contributed by atoms with E-state index in [0.717, 1.165) is 22.6 Å². The SMILES string of the molecule is COc1ccc(-c2ccccc2N(C)C(=O)c2ccccc2)cc1. The van der Waals surface area contributed by atoms with Crippen LogP contribution >= 0.6 is 0 Å². The molecular formula is C21H19NO2. The molecule has 0 aliphatic carbocycles. The number of amides is 1. The second kappa shape index (κ2) is 7.01. The minimum absolute atomic E-state index is 0.0310. The smallest absolute Gasteiger partial charge is 0.258 e. The maximum absolute atomic E-state index is 12.7. The number of nitrogens with zero attached hydrogens (tertiary/aromatic N) is 1. The van der Waals surface area contributed by atoms with Gasteiger partial charge in [-0.15, -0.1) is 0 Å². The standard InChI is InChI=1S/C21H19NO2/c1-22(21(23)17-8-4-3-5-9-17)20-11-7-6-10-19(20)16-12-14-18(24-2)15-13-16/h3-15H,1-2H3. The number of rotatable bonds is 4. The number of hydrogen-bond acceptors (Lipinski definition) is 2. The lowest BCUT2D eigenvalue weighted by Gasteiger charge is -2.21. The summed E-state index contributed by atoms with van der Waals surface area (Å²) in [6.45, 7) is 0. The molecule has 0 bridgehead atoms. The van der Waals surface area contributed by atoms with Crippen LogP contribution in [-0.2, 0) is 0 Å². The van der Waals surface area contributed by atoms with Crippen molar-refractivity contribution in [2.45, 2.75) is 0 Å². The molecular weight excluding hydrogens is 298 g/mol. The van der Waals surface area contributed by atoms with Gasteiger partial charge in [-0.3, -0.25) is 4.79 Å². The van der Waals surface area contributed by atoms with E-state index in [4.69, 9.17) is 4.74 Å². The molecule has 0 aromatic heterocycles. The Morgan fingerprint density at radius 2 is 1.46 bits per heavy atom. The van der Waals surface area contributed by atoms with Crippen LogP contribution in [0.4, 0.5) is 5.69 Å². The molecule has 0 spiro atoms. The van der Waals surface area contributed by atoms with E-state index in [1.54, 1.807) is 19.1 Å². The maximum atomic E-state index is 12.7. The monoisotopic (exact) mass is 317 g/mol. The summed E-state index contributed by atoms with van der Waals surface area (Å²) in [6, 6.07) is 25.0. The zero-order chi connectivity index (χ0) is 16.9. The Kier molecular flexibility index (Phi) is 4.62. The number of carbonyl (C=O) groups excluding carboxylic acids is 1. The van der Waals surface area contributed by atoms with Crippen LogP contribution in [-0.4, -0.2) is 20.1 Å². The summed E-state index contributed by atoms with van der Waals surface area (Å²) < 4.78 is 5.21. The Morgan fingerprint density at radius 3 is 2.12 bits per heavy atom. The fourth-order valence-electron chi connectivity index (χ4n) is 2.66. The van der Waals surface area contributed by atoms with Crippen molar-refractivity contribution in [3.63, 3.8) is 0 Å². The van der Waals surface area contributed by atoms with Gasteiger partial charge in [0.05, 0.1) is 12.8 Å². The van der Waals surface area contributed by atoms with Gasteiger partial charge in [-0.05, 0) is 35.9 Å². The van der Waals surface area contributed by atoms with Gasteiger partial charge < -0.3 is 9.64 Å². The second-order valence-corrected chi connectivity index (χ2v) is 5.48. The number of benzene rings is 3. The van der Waals surface area contributed by atoms with Crippen LogP contribution in [0.5, 0.6) is 5.75 Å². The predicted octanol–water partition coefficient (Wildman–Crippen LogP) is 4.64. The molecule has 0 fully saturated rings. The molecule has 24 heavy (non-hydrogen) atoms. The molecule has 0 unspecified atom stereocenters. The summed E-state index contributed by atoms with van der Waals surface area (Å²) in [5.74, 6) is 0.779. The van der Waals surface area contributed by atoms with Crippen LogP contribution in [0.25, 0.3) is 11.1 Å². The molecule has 120 valence electrons. The van der Waals surface area contributed by atoms with Gasteiger partial charge in [0.2, 0.25) is 0 Å². The van der Waals surface area contributed by atoms with E-state index in [0.29, 0.717) is 5.56 Å². The Balaban J connectivity index is 1.98. The average Bonchev–Trinajstić information content (AvgIpc) is 2.67. The molecule has 0 aliphatic heterocycles. The number of para-hydroxylation sites is 1. The van der Waals surface area contributed by atoms with E-state index in [9.17, 15) is 4.79 Å². The summed E-state index contributed by atoms with van der Waals surface area (Å²) in [7, 11) is 3.45. The minimum Gasteiger partial charge on any atom is -0.497 e. The minimum atomic E-state index is -0.0310. The van der Waals surface area contributed by atoms with Gasteiger partial charge >= 0.3 is 0 Å². The molecule has 3 rings (SSSR count). The second-order valence-electron chi connectivity index (χ2n) is 5.48. The van der Waals surface area contributed by atoms with E-state index in [1.807, 2.05) is 78.9 Å². The summed E-state index contributed by atoms with van der Waals surface area (Å²) >= 11 is 0. The first-order chi connectivity index (χ1) is 11.7. The molecule has 3 aromatic rings. The van der Waals surface area contributed by atoms with E-state index in [1.165, 1.54) is 0 Å². The molecule has 0 radical (unpaired) electrons. The number of methoxy groups -OCH3 is 1. The first kappa shape index (κ1) is 15.8. The van der Waals surface area contributed by atoms with Crippen molar-refractivity contribution in [1.82, 2.24) is 0 Å². The van der Waals surface area contributed by atoms with E-state index in [-0.39, 0.29) is 5.91 Å². The maximum Gasteiger partial charge on any atom is 0.258 e. The van der Waals surface area contributed by atoms with Crippen molar-refractivity contribution in [2.75, 3.05) is 19.1 Å². The van der Waals surface area contributed by atoms with Gasteiger partial charge in [-0.25, -0.2) is 0 Å². The lowest BCUT2D eigenvalue weighted by molar-refractivity contribution is 0.0993. The molecule has 0 N–H and O–H groups in total. The van der Waals surface area contributed by atoms with Crippen LogP contribution in [0.2, 0.25) is 0 Å². The van der Waals surface area contributed by atoms with Gasteiger partial charge in [0.1, 0.15) is 5.75 Å². The highest BCUT2D eigenvalue weighted by molar-refractivity contribution is 6.07. The number of carbonyl (C=O) groups is 1. The Bertz CT molecular complexity index is 826. The lowest BCUT2D eigenvalue weighted by Crippen LogP contribution is -2.26. The van der Waals surface area contributed by atoms with Crippen molar-refractivity contribution >= 4 is 11.6 Å². The van der Waals surface area contributed by atoms with E-state index < -0.39 is 0 Å². The predicted molar refractivity (Wildman–Crippen MR) is 97.6 cm³/mol. The summed E-state index contributed by atoms with van der Waals surface area (Å²) in [4.78, 5) is 14.4. The lowest BCUT2D eigenvalue weighted by atomic mass is 10.0. The van der Waals surface area contributed by atoms with Crippen LogP contribution in [0.1, 0.15) is 10.4 Å². The number of ether oxygens (including phenoxy) is 1. The fraction of sp³-hybridized carbons (Fsp3) is 0.0952. The highest BCUT2D eigenvalue weighted by Gasteiger charge is 2.16. The van der Waals surface area contributed by atoms with Gasteiger partial charge in [-0.2, -0.15) is 0 Å². The molecule has 0 saturated heterocycles. The third-order valence-electron chi connectivity index (χ3n) is 3.99. The van der Waals surface area contributed by atoms with Crippen molar-refractivity contribution in [3.8, 4) is 16.9 Å². The third-order valence-corrected chi connectivity index (χ3v) is 3.99. The molecule has 3 aromatic carbocycles. The first-order valence-corrected chi connectivity index (χ1v) is 7.77. The number of hydrogen-bond donors (Lipinski definition) is 0. The van der Waals surface area contributed by atoms with Crippen LogP contribution < -0.4 is 9.64 Å². The molecule has 0 heterocycles. The van der Waals surface area contributed by atoms with Crippen LogP contribution in [0, 0.1) is 0 Å². The quantitative estimate of drug-likeness (QED) is 0.701. The molecule has 3 nitrogen and oxygen atoms in total. The van der Waals surface area contributed by atoms with E-state index >= 15 is 0 Å². The van der Waals surface area contributed by atoms with Crippen molar-refractivity contribution in [2.24, 2.45) is 0 Å². The topological polar surface area (TPSA) is 29.5 Å². The molecule has 0 saturated carbocycles. The van der Waals surface area contributed by atoms with Crippen molar-refractivity contribution in [1.29, 1.82) is 0 Å². The van der Waals surface area contributed by atoms with Gasteiger partial charge in [-0.1, -0.05) is 48.5 Å². The highest BCUT2D eigenvalue weighted by atomic mass is 16.5. The van der Waals surface area contributed by atoms with Crippen LogP contribution in [0.15, 0.2) is 78.9 Å². The third kappa shape index (κ3) is 3.15. The zero-order valence-electron chi connectivity index (χ0n) is 13.8. The fourth-order valence-corrected chi connectivity index (χ4v) is 2.66. The summed E-state index contributed by atoms with van der Waals surface area (Å²) in [6.07, 6.45) is 0. The van der Waals surface area contributed by atoms with Crippen LogP contribution in [0.3, 0.4) is 0 Å². The Labute approximate surface area is 142 Å². The van der Waals surface area contributed by atoms with E-state index in [2.05, 4.69) is 0 Å². The Hall–Kier alpha value is -3.07. The first-order valence-electron chi connectivity index (χ1n) is 7.77. The van der Waals surface area contributed by atoms with Crippen molar-refractivity contribution < 1.29 is 9.53 Å². The van der Waals surface area contributed by atoms with Gasteiger partial charge in [0.15, 0.2) is 0 Å². The van der Waals surface area contributed by atoms with Crippen molar-refractivity contribution in [3.05, 3.63) is 84.4 Å². The average molecular weight is 317 g/mol.